The second-order valence-electron chi connectivity index (χ2n) is 1.23. The molecule has 1 N–H and O–H groups in total. The van der Waals surface area contributed by atoms with Crippen molar-refractivity contribution in [2.75, 3.05) is 0 Å². The van der Waals surface area contributed by atoms with Gasteiger partial charge in [0.05, 0.1) is 0 Å². The zero-order valence-corrected chi connectivity index (χ0v) is 8.77. The van der Waals surface area contributed by atoms with E-state index in [2.05, 4.69) is 10.2 Å². The van der Waals surface area contributed by atoms with Crippen molar-refractivity contribution in [3.05, 3.63) is 27.6 Å². The van der Waals surface area contributed by atoms with Gasteiger partial charge in [0.2, 0.25) is 0 Å². The van der Waals surface area contributed by atoms with Crippen LogP contribution in [0.1, 0.15) is 1.43 Å². The molecular formula is C4H4ClKN2O. The van der Waals surface area contributed by atoms with E-state index in [0.29, 0.717) is 0 Å². The van der Waals surface area contributed by atoms with E-state index in [4.69, 9.17) is 11.6 Å². The number of H-pyrrole nitrogens is 1. The molecule has 0 saturated carbocycles. The van der Waals surface area contributed by atoms with Crippen molar-refractivity contribution >= 4 is 11.6 Å². The van der Waals surface area contributed by atoms with Gasteiger partial charge in [-0.1, -0.05) is 11.6 Å². The normalized spacial score (nSPS) is 8.11. The first kappa shape index (κ1) is 9.81. The summed E-state index contributed by atoms with van der Waals surface area (Å²) in [5, 5.41) is 5.75. The monoisotopic (exact) mass is 170 g/mol. The standard InChI is InChI=1S/C4H3ClN2O.K.H/c5-3-1-2-6-7-4(3)8;;/h1-2H,(H,7,8);;/q;+1;-1. The Morgan fingerprint density at radius 1 is 1.78 bits per heavy atom. The Hall–Kier alpha value is 0.806. The molecule has 0 aromatic carbocycles. The summed E-state index contributed by atoms with van der Waals surface area (Å²) in [4.78, 5) is 10.4. The molecule has 0 fully saturated rings. The number of rotatable bonds is 0. The molecule has 1 aromatic heterocycles. The van der Waals surface area contributed by atoms with Crippen LogP contribution >= 0.6 is 11.6 Å². The summed E-state index contributed by atoms with van der Waals surface area (Å²) in [5.74, 6) is 0. The Balaban J connectivity index is 0. The van der Waals surface area contributed by atoms with Crippen LogP contribution in [0.25, 0.3) is 0 Å². The molecular weight excluding hydrogens is 167 g/mol. The average molecular weight is 171 g/mol. The Kier molecular flexibility index (Phi) is 5.01. The van der Waals surface area contributed by atoms with E-state index in [1.165, 1.54) is 12.3 Å². The number of hydrogen-bond acceptors (Lipinski definition) is 2. The third-order valence-corrected chi connectivity index (χ3v) is 0.976. The van der Waals surface area contributed by atoms with Crippen LogP contribution in [-0.2, 0) is 0 Å². The average Bonchev–Trinajstić information content (AvgIpc) is 1.77. The Bertz CT molecular complexity index is 241. The van der Waals surface area contributed by atoms with Gasteiger partial charge < -0.3 is 1.43 Å². The van der Waals surface area contributed by atoms with Gasteiger partial charge in [0.25, 0.3) is 5.56 Å². The summed E-state index contributed by atoms with van der Waals surface area (Å²) in [7, 11) is 0. The molecule has 1 aromatic rings. The van der Waals surface area contributed by atoms with Crippen LogP contribution in [0.15, 0.2) is 17.1 Å². The van der Waals surface area contributed by atoms with Crippen LogP contribution in [0.4, 0.5) is 0 Å². The summed E-state index contributed by atoms with van der Waals surface area (Å²) in [5.41, 5.74) is -0.353. The first-order valence-corrected chi connectivity index (χ1v) is 2.37. The number of hydrogen-bond donors (Lipinski definition) is 1. The van der Waals surface area contributed by atoms with Gasteiger partial charge in [-0.3, -0.25) is 4.79 Å². The van der Waals surface area contributed by atoms with E-state index < -0.39 is 0 Å². The van der Waals surface area contributed by atoms with E-state index in [-0.39, 0.29) is 63.4 Å². The van der Waals surface area contributed by atoms with Crippen LogP contribution < -0.4 is 56.9 Å². The Morgan fingerprint density at radius 3 is 2.78 bits per heavy atom. The summed E-state index contributed by atoms with van der Waals surface area (Å²) in [6, 6.07) is 1.43. The van der Waals surface area contributed by atoms with Crippen molar-refractivity contribution in [2.24, 2.45) is 0 Å². The third-order valence-electron chi connectivity index (χ3n) is 0.678. The van der Waals surface area contributed by atoms with Gasteiger partial charge in [-0.2, -0.15) is 5.10 Å². The number of nitrogens with zero attached hydrogens (tertiary/aromatic N) is 1. The third kappa shape index (κ3) is 2.93. The van der Waals surface area contributed by atoms with Crippen LogP contribution in [-0.4, -0.2) is 10.2 Å². The van der Waals surface area contributed by atoms with Crippen LogP contribution in [0, 0.1) is 0 Å². The molecule has 0 amide bonds. The van der Waals surface area contributed by atoms with Gasteiger partial charge >= 0.3 is 51.4 Å². The molecule has 1 heterocycles. The maximum absolute atomic E-state index is 10.4. The molecule has 0 radical (unpaired) electrons. The fraction of sp³-hybridized carbons (Fsp3) is 0. The van der Waals surface area contributed by atoms with Gasteiger partial charge in [-0.05, 0) is 6.07 Å². The Labute approximate surface area is 101 Å². The quantitative estimate of drug-likeness (QED) is 0.439. The van der Waals surface area contributed by atoms with E-state index in [0.717, 1.165) is 0 Å². The zero-order valence-electron chi connectivity index (χ0n) is 5.89. The van der Waals surface area contributed by atoms with Crippen LogP contribution in [0.3, 0.4) is 0 Å². The minimum Gasteiger partial charge on any atom is -1.00 e. The number of halogens is 1. The molecule has 0 aliphatic rings. The van der Waals surface area contributed by atoms with Crippen LogP contribution in [0.2, 0.25) is 5.02 Å². The molecule has 0 saturated heterocycles. The SMILES string of the molecule is O=c1[nH]nccc1Cl.[H-].[K+]. The molecule has 0 aliphatic carbocycles. The molecule has 5 heteroatoms. The maximum Gasteiger partial charge on any atom is 1.00 e. The van der Waals surface area contributed by atoms with Gasteiger partial charge in [0.15, 0.2) is 0 Å². The maximum atomic E-state index is 10.4. The second kappa shape index (κ2) is 4.60. The molecule has 3 nitrogen and oxygen atoms in total. The molecule has 9 heavy (non-hydrogen) atoms. The molecule has 0 spiro atoms. The van der Waals surface area contributed by atoms with E-state index >= 15 is 0 Å². The van der Waals surface area contributed by atoms with E-state index in [9.17, 15) is 4.79 Å². The van der Waals surface area contributed by atoms with Gasteiger partial charge in [-0.15, -0.1) is 0 Å². The number of nitrogens with one attached hydrogen (secondary N) is 1. The molecule has 0 atom stereocenters. The topological polar surface area (TPSA) is 45.8 Å². The predicted octanol–water partition coefficient (Wildman–Crippen LogP) is -2.46. The fourth-order valence-electron chi connectivity index (χ4n) is 0.328. The van der Waals surface area contributed by atoms with Crippen molar-refractivity contribution in [2.45, 2.75) is 0 Å². The second-order valence-corrected chi connectivity index (χ2v) is 1.64. The molecule has 0 unspecified atom stereocenters. The smallest absolute Gasteiger partial charge is 1.00 e. The van der Waals surface area contributed by atoms with E-state index in [1.54, 1.807) is 0 Å². The van der Waals surface area contributed by atoms with Crippen molar-refractivity contribution in [1.82, 2.24) is 10.2 Å². The summed E-state index contributed by atoms with van der Waals surface area (Å²) >= 11 is 5.32. The zero-order chi connectivity index (χ0) is 5.98. The number of aromatic nitrogens is 2. The summed E-state index contributed by atoms with van der Waals surface area (Å²) in [6.07, 6.45) is 1.42. The summed E-state index contributed by atoms with van der Waals surface area (Å²) < 4.78 is 0. The minimum absolute atomic E-state index is 0. The van der Waals surface area contributed by atoms with Crippen molar-refractivity contribution in [3.8, 4) is 0 Å². The Morgan fingerprint density at radius 2 is 2.44 bits per heavy atom. The van der Waals surface area contributed by atoms with Crippen molar-refractivity contribution in [1.29, 1.82) is 0 Å². The first-order chi connectivity index (χ1) is 3.80. The number of aromatic amines is 1. The predicted molar refractivity (Wildman–Crippen MR) is 31.0 cm³/mol. The molecule has 0 bridgehead atoms. The fourth-order valence-corrected chi connectivity index (χ4v) is 0.426. The van der Waals surface area contributed by atoms with Gasteiger partial charge in [0.1, 0.15) is 5.02 Å². The van der Waals surface area contributed by atoms with Crippen LogP contribution in [0.5, 0.6) is 0 Å². The van der Waals surface area contributed by atoms with E-state index in [1.807, 2.05) is 0 Å². The molecule has 0 aliphatic heterocycles. The van der Waals surface area contributed by atoms with Gasteiger partial charge in [-0.25, -0.2) is 5.10 Å². The summed E-state index contributed by atoms with van der Waals surface area (Å²) in [6.45, 7) is 0. The van der Waals surface area contributed by atoms with Crippen molar-refractivity contribution < 1.29 is 52.8 Å². The minimum atomic E-state index is -0.353. The molecule has 44 valence electrons. The van der Waals surface area contributed by atoms with Crippen molar-refractivity contribution in [3.63, 3.8) is 0 Å². The molecule has 1 rings (SSSR count). The first-order valence-electron chi connectivity index (χ1n) is 2.00. The van der Waals surface area contributed by atoms with Gasteiger partial charge in [0, 0.05) is 6.20 Å². The largest absolute Gasteiger partial charge is 1.00 e.